The number of carbonyl (C=O) groups is 8. The number of esters is 4. The molecule has 80 heavy (non-hydrogen) atoms. The Morgan fingerprint density at radius 3 is 0.625 bits per heavy atom. The molecule has 0 spiro atoms. The lowest BCUT2D eigenvalue weighted by atomic mass is 10.0. The SMILES string of the molecule is COC(=O)[C@@H](NC(=O)CCP(=O)(O)CN1CCN(CP(=O)(O)CCC(=O)N[C@H](C(=O)OC)C(C)C)CCN(CP(=O)(O)CCC(=O)N[C@@H](C(=O)OC)C(C)C)CCN(CP(=O)(O)CCC(=O)N[C@@H](C(=O)OC)C(C)C)CC1)C(C)C. The topological polar surface area (TPSA) is 384 Å². The Hall–Kier alpha value is -3.64. The van der Waals surface area contributed by atoms with Crippen molar-refractivity contribution in [3.8, 4) is 0 Å². The number of nitrogens with one attached hydrogen (secondary N) is 4. The fourth-order valence-electron chi connectivity index (χ4n) is 8.26. The molecule has 0 aromatic carbocycles. The van der Waals surface area contributed by atoms with Crippen LogP contribution >= 0.6 is 29.5 Å². The van der Waals surface area contributed by atoms with E-state index < -0.39 is 177 Å². The van der Waals surface area contributed by atoms with Gasteiger partial charge in [-0.3, -0.25) is 57.0 Å². The lowest BCUT2D eigenvalue weighted by Gasteiger charge is -2.36. The Bertz CT molecular complexity index is 1940. The average molecular weight is 1230 g/mol. The minimum atomic E-state index is -4.25. The van der Waals surface area contributed by atoms with Crippen LogP contribution in [0.4, 0.5) is 0 Å². The zero-order valence-electron chi connectivity index (χ0n) is 48.7. The fraction of sp³-hybridized carbons (Fsp3) is 0.833. The van der Waals surface area contributed by atoms with E-state index in [0.717, 1.165) is 28.4 Å². The van der Waals surface area contributed by atoms with E-state index in [4.69, 9.17) is 18.9 Å². The molecule has 1 fully saturated rings. The molecule has 0 aliphatic carbocycles. The van der Waals surface area contributed by atoms with E-state index in [2.05, 4.69) is 21.3 Å². The second kappa shape index (κ2) is 35.5. The van der Waals surface area contributed by atoms with Gasteiger partial charge in [-0.05, 0) is 23.7 Å². The largest absolute Gasteiger partial charge is 0.467 e. The monoisotopic (exact) mass is 1220 g/mol. The predicted molar refractivity (Wildman–Crippen MR) is 298 cm³/mol. The molecule has 0 bridgehead atoms. The summed E-state index contributed by atoms with van der Waals surface area (Å²) in [5.41, 5.74) is 0. The second-order valence-electron chi connectivity index (χ2n) is 21.6. The van der Waals surface area contributed by atoms with Gasteiger partial charge in [0.15, 0.2) is 0 Å². The van der Waals surface area contributed by atoms with Gasteiger partial charge in [0.1, 0.15) is 24.2 Å². The maximum absolute atomic E-state index is 14.0. The van der Waals surface area contributed by atoms with Crippen molar-refractivity contribution >= 4 is 77.0 Å². The smallest absolute Gasteiger partial charge is 0.328 e. The van der Waals surface area contributed by atoms with Crippen molar-refractivity contribution in [3.63, 3.8) is 0 Å². The van der Waals surface area contributed by atoms with E-state index in [9.17, 15) is 76.2 Å². The Labute approximate surface area is 471 Å². The Balaban J connectivity index is 3.72. The summed E-state index contributed by atoms with van der Waals surface area (Å²) in [6.45, 7) is 12.8. The molecule has 1 saturated heterocycles. The van der Waals surface area contributed by atoms with Crippen LogP contribution in [0.3, 0.4) is 0 Å². The highest BCUT2D eigenvalue weighted by Gasteiger charge is 2.35. The van der Waals surface area contributed by atoms with Gasteiger partial charge < -0.3 is 59.8 Å². The lowest BCUT2D eigenvalue weighted by molar-refractivity contribution is -0.146. The number of rotatable bonds is 32. The predicted octanol–water partition coefficient (Wildman–Crippen LogP) is 0.935. The number of nitrogens with zero attached hydrogens (tertiary/aromatic N) is 4. The van der Waals surface area contributed by atoms with E-state index in [1.807, 2.05) is 0 Å². The first kappa shape index (κ1) is 74.4. The average Bonchev–Trinajstić information content (AvgIpc) is 3.37. The van der Waals surface area contributed by atoms with Gasteiger partial charge >= 0.3 is 23.9 Å². The molecule has 1 aliphatic heterocycles. The van der Waals surface area contributed by atoms with Crippen LogP contribution in [0.1, 0.15) is 81.1 Å². The molecule has 32 heteroatoms. The molecule has 8 atom stereocenters. The summed E-state index contributed by atoms with van der Waals surface area (Å²) in [5.74, 6) is -7.08. The van der Waals surface area contributed by atoms with Crippen LogP contribution in [0.15, 0.2) is 0 Å². The minimum Gasteiger partial charge on any atom is -0.467 e. The standard InChI is InChI=1S/C48H92N8O20P4/c1-33(2)41(45(61)73-9)49-37(57)13-25-77(65,66)29-53-17-19-54(30-78(67,68)26-14-38(58)50-42(34(3)4)46(62)74-10)21-23-56(32-80(71,72)28-16-40(60)52-44(36(7)8)48(64)76-12)24-22-55(20-18-53)31-79(69,70)27-15-39(59)51-43(35(5)6)47(63)75-11/h33-36,41-44H,13-32H2,1-12H3,(H,49,57)(H,50,58)(H,51,59)(H,52,60)(H,65,66)(H,67,68)(H,69,70)(H,71,72)/t41-,42-,43+,44+. The van der Waals surface area contributed by atoms with Crippen LogP contribution in [0.5, 0.6) is 0 Å². The molecule has 1 aliphatic rings. The van der Waals surface area contributed by atoms with Crippen molar-refractivity contribution < 1.29 is 95.1 Å². The first-order valence-electron chi connectivity index (χ1n) is 26.6. The highest BCUT2D eigenvalue weighted by Crippen LogP contribution is 2.45. The van der Waals surface area contributed by atoms with Crippen molar-refractivity contribution in [2.75, 3.05) is 131 Å². The number of hydrogen-bond donors (Lipinski definition) is 8. The summed E-state index contributed by atoms with van der Waals surface area (Å²) in [5, 5.41) is 10.1. The molecular weight excluding hydrogens is 1130 g/mol. The van der Waals surface area contributed by atoms with Gasteiger partial charge in [0, 0.05) is 103 Å². The highest BCUT2D eigenvalue weighted by molar-refractivity contribution is 7.58. The van der Waals surface area contributed by atoms with E-state index >= 15 is 0 Å². The molecule has 0 aromatic heterocycles. The molecular formula is C48H92N8O20P4. The molecule has 1 heterocycles. The van der Waals surface area contributed by atoms with Crippen LogP contribution in [0.25, 0.3) is 0 Å². The van der Waals surface area contributed by atoms with Gasteiger partial charge in [0.25, 0.3) is 0 Å². The first-order valence-corrected chi connectivity index (χ1v) is 34.7. The number of hydrogen-bond acceptors (Lipinski definition) is 20. The van der Waals surface area contributed by atoms with Crippen LogP contribution in [-0.2, 0) is 75.6 Å². The van der Waals surface area contributed by atoms with Gasteiger partial charge in [-0.1, -0.05) is 55.4 Å². The van der Waals surface area contributed by atoms with E-state index in [0.29, 0.717) is 0 Å². The van der Waals surface area contributed by atoms with Gasteiger partial charge in [0.2, 0.25) is 53.1 Å². The second-order valence-corrected chi connectivity index (χ2v) is 31.3. The highest BCUT2D eigenvalue weighted by atomic mass is 31.2. The normalized spacial score (nSPS) is 19.2. The van der Waals surface area contributed by atoms with Crippen molar-refractivity contribution in [3.05, 3.63) is 0 Å². The van der Waals surface area contributed by atoms with E-state index in [-0.39, 0.29) is 76.0 Å². The molecule has 4 amide bonds. The zero-order valence-corrected chi connectivity index (χ0v) is 52.2. The minimum absolute atomic E-state index is 0.0806. The number of carbonyl (C=O) groups excluding carboxylic acids is 8. The van der Waals surface area contributed by atoms with E-state index in [1.165, 1.54) is 0 Å². The summed E-state index contributed by atoms with van der Waals surface area (Å²) in [6.07, 6.45) is -6.06. The molecule has 4 unspecified atom stereocenters. The van der Waals surface area contributed by atoms with Gasteiger partial charge in [0.05, 0.1) is 53.6 Å². The molecule has 1 rings (SSSR count). The van der Waals surface area contributed by atoms with Crippen molar-refractivity contribution in [1.29, 1.82) is 0 Å². The Kier molecular flexibility index (Phi) is 33.0. The first-order chi connectivity index (χ1) is 37.0. The summed E-state index contributed by atoms with van der Waals surface area (Å²) in [6, 6.07) is -4.10. The molecule has 0 aromatic rings. The van der Waals surface area contributed by atoms with Crippen LogP contribution in [0.2, 0.25) is 0 Å². The number of amides is 4. The van der Waals surface area contributed by atoms with Crippen LogP contribution in [-0.4, -0.2) is 241 Å². The molecule has 0 saturated carbocycles. The summed E-state index contributed by atoms with van der Waals surface area (Å²) < 4.78 is 75.0. The number of methoxy groups -OCH3 is 4. The third-order valence-corrected chi connectivity index (χ3v) is 20.2. The van der Waals surface area contributed by atoms with Crippen molar-refractivity contribution in [2.24, 2.45) is 23.7 Å². The zero-order chi connectivity index (χ0) is 61.3. The van der Waals surface area contributed by atoms with Crippen LogP contribution in [0, 0.1) is 23.7 Å². The lowest BCUT2D eigenvalue weighted by Crippen LogP contribution is -2.47. The molecule has 0 radical (unpaired) electrons. The fourth-order valence-corrected chi connectivity index (χ4v) is 14.7. The van der Waals surface area contributed by atoms with Crippen molar-refractivity contribution in [1.82, 2.24) is 40.9 Å². The Morgan fingerprint density at radius 1 is 0.350 bits per heavy atom. The van der Waals surface area contributed by atoms with Gasteiger partial charge in [-0.15, -0.1) is 0 Å². The molecule has 28 nitrogen and oxygen atoms in total. The maximum atomic E-state index is 14.0. The summed E-state index contributed by atoms with van der Waals surface area (Å²) in [4.78, 5) is 153. The third kappa shape index (κ3) is 29.6. The Morgan fingerprint density at radius 2 is 0.500 bits per heavy atom. The summed E-state index contributed by atoms with van der Waals surface area (Å²) in [7, 11) is -12.4. The summed E-state index contributed by atoms with van der Waals surface area (Å²) >= 11 is 0. The molecule has 8 N–H and O–H groups in total. The van der Waals surface area contributed by atoms with Crippen LogP contribution < -0.4 is 21.3 Å². The maximum Gasteiger partial charge on any atom is 0.328 e. The van der Waals surface area contributed by atoms with Crippen molar-refractivity contribution in [2.45, 2.75) is 105 Å². The van der Waals surface area contributed by atoms with Gasteiger partial charge in [-0.25, -0.2) is 19.2 Å². The van der Waals surface area contributed by atoms with E-state index in [1.54, 1.807) is 75.0 Å². The third-order valence-electron chi connectivity index (χ3n) is 13.1. The van der Waals surface area contributed by atoms with Gasteiger partial charge in [-0.2, -0.15) is 0 Å². The quantitative estimate of drug-likeness (QED) is 0.0264. The molecule has 464 valence electrons. The number of ether oxygens (including phenoxy) is 4.